The Labute approximate surface area is 165 Å². The number of aromatic nitrogens is 3. The third-order valence-corrected chi connectivity index (χ3v) is 4.92. The van der Waals surface area contributed by atoms with Gasteiger partial charge in [0.1, 0.15) is 28.5 Å². The fourth-order valence-electron chi connectivity index (χ4n) is 2.36. The lowest BCUT2D eigenvalue weighted by Crippen LogP contribution is -2.11. The lowest BCUT2D eigenvalue weighted by molar-refractivity contribution is 0.418. The lowest BCUT2D eigenvalue weighted by atomic mass is 10.2. The molecule has 0 spiro atoms. The summed E-state index contributed by atoms with van der Waals surface area (Å²) in [4.78, 5) is 12.1. The number of sulfone groups is 1. The van der Waals surface area contributed by atoms with E-state index in [1.807, 2.05) is 0 Å². The highest BCUT2D eigenvalue weighted by Crippen LogP contribution is 2.17. The van der Waals surface area contributed by atoms with Crippen LogP contribution in [0.15, 0.2) is 63.3 Å². The zero-order valence-electron chi connectivity index (χ0n) is 15.3. The summed E-state index contributed by atoms with van der Waals surface area (Å²) in [5, 5.41) is 3.82. The van der Waals surface area contributed by atoms with E-state index in [1.165, 1.54) is 18.4 Å². The van der Waals surface area contributed by atoms with E-state index in [-0.39, 0.29) is 34.6 Å². The first-order valence-electron chi connectivity index (χ1n) is 8.24. The van der Waals surface area contributed by atoms with Crippen LogP contribution in [0, 0.1) is 5.82 Å². The Bertz CT molecular complexity index is 1190. The largest absolute Gasteiger partial charge is 0.396 e. The molecule has 0 radical (unpaired) electrons. The minimum Gasteiger partial charge on any atom is -0.396 e. The average molecular weight is 416 g/mol. The summed E-state index contributed by atoms with van der Waals surface area (Å²) in [6.45, 7) is 0.0364. The van der Waals surface area contributed by atoms with Crippen molar-refractivity contribution >= 4 is 27.1 Å². The number of nitrogen functional groups attached to an aromatic ring is 1. The molecule has 0 aliphatic heterocycles. The van der Waals surface area contributed by atoms with Crippen molar-refractivity contribution in [2.24, 2.45) is 10.7 Å². The number of nitrogens with zero attached hydrogens (tertiary/aromatic N) is 4. The van der Waals surface area contributed by atoms with Gasteiger partial charge in [-0.3, -0.25) is 4.99 Å². The van der Waals surface area contributed by atoms with Crippen LogP contribution in [-0.4, -0.2) is 35.5 Å². The smallest absolute Gasteiger partial charge is 0.180 e. The molecular weight excluding hydrogens is 399 g/mol. The minimum absolute atomic E-state index is 0.0111. The van der Waals surface area contributed by atoms with Crippen molar-refractivity contribution in [2.75, 3.05) is 12.0 Å². The molecule has 3 rings (SSSR count). The molecule has 9 nitrogen and oxygen atoms in total. The number of anilines is 1. The summed E-state index contributed by atoms with van der Waals surface area (Å²) in [6, 6.07) is 7.80. The monoisotopic (exact) mass is 416 g/mol. The fourth-order valence-corrected chi connectivity index (χ4v) is 3.03. The van der Waals surface area contributed by atoms with Gasteiger partial charge in [0.05, 0.1) is 24.2 Å². The highest BCUT2D eigenvalue weighted by molar-refractivity contribution is 7.90. The molecule has 0 atom stereocenters. The average Bonchev–Trinajstić information content (AvgIpc) is 3.19. The molecule has 0 saturated heterocycles. The van der Waals surface area contributed by atoms with Gasteiger partial charge in [0, 0.05) is 17.9 Å². The molecule has 150 valence electrons. The van der Waals surface area contributed by atoms with E-state index in [2.05, 4.69) is 20.1 Å². The van der Waals surface area contributed by atoms with E-state index >= 15 is 0 Å². The van der Waals surface area contributed by atoms with Crippen molar-refractivity contribution in [3.63, 3.8) is 0 Å². The molecule has 4 N–H and O–H groups in total. The van der Waals surface area contributed by atoms with Crippen molar-refractivity contribution in [1.82, 2.24) is 15.1 Å². The first kappa shape index (κ1) is 20.1. The van der Waals surface area contributed by atoms with Crippen LogP contribution in [0.25, 0.3) is 5.70 Å². The fraction of sp³-hybridized carbons (Fsp3) is 0.111. The normalized spacial score (nSPS) is 12.9. The lowest BCUT2D eigenvalue weighted by Gasteiger charge is -2.06. The summed E-state index contributed by atoms with van der Waals surface area (Å²) in [7, 11) is -3.57. The van der Waals surface area contributed by atoms with E-state index in [0.717, 1.165) is 12.5 Å². The Balaban J connectivity index is 1.97. The van der Waals surface area contributed by atoms with Crippen LogP contribution >= 0.6 is 0 Å². The number of hydrogen-bond donors (Lipinski definition) is 2. The second-order valence-electron chi connectivity index (χ2n) is 5.99. The molecule has 0 saturated carbocycles. The highest BCUT2D eigenvalue weighted by Gasteiger charge is 2.16. The van der Waals surface area contributed by atoms with Crippen molar-refractivity contribution in [3.05, 3.63) is 71.8 Å². The standard InChI is InChI=1S/C18H17FN6O3S/c1-29(26,27)16-10-23-18(24-17(16)21)13(20)8-15(14-6-7-28-25-14)22-9-11-4-2-3-5-12(11)19/h2-8,10H,9,20H2,1H3,(H2,21,23,24). The van der Waals surface area contributed by atoms with E-state index in [0.29, 0.717) is 17.0 Å². The van der Waals surface area contributed by atoms with Gasteiger partial charge in [0.2, 0.25) is 0 Å². The van der Waals surface area contributed by atoms with Crippen LogP contribution in [0.5, 0.6) is 0 Å². The second kappa shape index (κ2) is 8.19. The number of halogens is 1. The Morgan fingerprint density at radius 2 is 2.07 bits per heavy atom. The van der Waals surface area contributed by atoms with E-state index in [9.17, 15) is 12.8 Å². The van der Waals surface area contributed by atoms with Gasteiger partial charge in [0.25, 0.3) is 0 Å². The number of nitrogens with two attached hydrogens (primary N) is 2. The molecular formula is C18H17FN6O3S. The van der Waals surface area contributed by atoms with E-state index < -0.39 is 9.84 Å². The highest BCUT2D eigenvalue weighted by atomic mass is 32.2. The maximum atomic E-state index is 13.9. The maximum absolute atomic E-state index is 13.9. The predicted octanol–water partition coefficient (Wildman–Crippen LogP) is 1.58. The molecule has 0 aliphatic carbocycles. The van der Waals surface area contributed by atoms with Crippen LogP contribution < -0.4 is 11.5 Å². The van der Waals surface area contributed by atoms with Gasteiger partial charge in [-0.05, 0) is 12.1 Å². The topological polar surface area (TPSA) is 150 Å². The Kier molecular flexibility index (Phi) is 5.69. The number of hydrogen-bond acceptors (Lipinski definition) is 9. The maximum Gasteiger partial charge on any atom is 0.180 e. The SMILES string of the molecule is CS(=O)(=O)c1cnc(C(N)=CC(=NCc2ccccc2F)c2ccon2)nc1N. The zero-order valence-corrected chi connectivity index (χ0v) is 16.1. The van der Waals surface area contributed by atoms with E-state index in [1.54, 1.807) is 24.3 Å². The van der Waals surface area contributed by atoms with Crippen LogP contribution in [0.4, 0.5) is 10.2 Å². The Hall–Kier alpha value is -3.60. The molecule has 1 aromatic carbocycles. The molecule has 0 unspecified atom stereocenters. The van der Waals surface area contributed by atoms with Gasteiger partial charge in [0.15, 0.2) is 15.7 Å². The molecule has 0 amide bonds. The molecule has 2 aromatic heterocycles. The van der Waals surface area contributed by atoms with Crippen molar-refractivity contribution in [2.45, 2.75) is 11.4 Å². The first-order chi connectivity index (χ1) is 13.8. The number of aliphatic imine (C=N–C) groups is 1. The third-order valence-electron chi connectivity index (χ3n) is 3.81. The van der Waals surface area contributed by atoms with Crippen LogP contribution in [0.3, 0.4) is 0 Å². The van der Waals surface area contributed by atoms with Crippen molar-refractivity contribution < 1.29 is 17.3 Å². The Morgan fingerprint density at radius 3 is 2.69 bits per heavy atom. The van der Waals surface area contributed by atoms with Gasteiger partial charge in [-0.25, -0.2) is 22.8 Å². The number of allylic oxidation sites excluding steroid dienone is 1. The Morgan fingerprint density at radius 1 is 1.31 bits per heavy atom. The molecule has 29 heavy (non-hydrogen) atoms. The molecule has 2 heterocycles. The number of rotatable bonds is 6. The van der Waals surface area contributed by atoms with Gasteiger partial charge in [-0.15, -0.1) is 0 Å². The summed E-state index contributed by atoms with van der Waals surface area (Å²) in [6.07, 6.45) is 4.86. The van der Waals surface area contributed by atoms with Crippen molar-refractivity contribution in [3.8, 4) is 0 Å². The molecule has 0 fully saturated rings. The quantitative estimate of drug-likeness (QED) is 0.575. The second-order valence-corrected chi connectivity index (χ2v) is 7.98. The van der Waals surface area contributed by atoms with E-state index in [4.69, 9.17) is 16.0 Å². The summed E-state index contributed by atoms with van der Waals surface area (Å²) in [5.41, 5.74) is 12.9. The van der Waals surface area contributed by atoms with Crippen LogP contribution in [-0.2, 0) is 16.4 Å². The van der Waals surface area contributed by atoms with Crippen LogP contribution in [0.2, 0.25) is 0 Å². The molecule has 0 aliphatic rings. The predicted molar refractivity (Wildman–Crippen MR) is 105 cm³/mol. The summed E-state index contributed by atoms with van der Waals surface area (Å²) < 4.78 is 42.0. The molecule has 3 aromatic rings. The van der Waals surface area contributed by atoms with Gasteiger partial charge < -0.3 is 16.0 Å². The molecule has 0 bridgehead atoms. The van der Waals surface area contributed by atoms with Gasteiger partial charge >= 0.3 is 0 Å². The zero-order chi connectivity index (χ0) is 21.0. The van der Waals surface area contributed by atoms with Crippen LogP contribution in [0.1, 0.15) is 17.1 Å². The first-order valence-corrected chi connectivity index (χ1v) is 10.1. The molecule has 11 heteroatoms. The van der Waals surface area contributed by atoms with Crippen molar-refractivity contribution in [1.29, 1.82) is 0 Å². The van der Waals surface area contributed by atoms with Gasteiger partial charge in [-0.1, -0.05) is 23.4 Å². The minimum atomic E-state index is -3.57. The number of benzene rings is 1. The third kappa shape index (κ3) is 4.82. The summed E-state index contributed by atoms with van der Waals surface area (Å²) >= 11 is 0. The summed E-state index contributed by atoms with van der Waals surface area (Å²) in [5.74, 6) is -0.600. The van der Waals surface area contributed by atoms with Gasteiger partial charge in [-0.2, -0.15) is 0 Å².